The van der Waals surface area contributed by atoms with Gasteiger partial charge in [0.25, 0.3) is 0 Å². The van der Waals surface area contributed by atoms with Crippen LogP contribution in [0.5, 0.6) is 5.75 Å². The number of unbranched alkanes of at least 4 members (excludes halogenated alkanes) is 1. The third-order valence-electron chi connectivity index (χ3n) is 5.13. The number of methoxy groups -OCH3 is 1. The van der Waals surface area contributed by atoms with Gasteiger partial charge in [-0.25, -0.2) is 9.59 Å². The Morgan fingerprint density at radius 3 is 2.68 bits per heavy atom. The summed E-state index contributed by atoms with van der Waals surface area (Å²) in [5.74, 6) is 0.193. The predicted octanol–water partition coefficient (Wildman–Crippen LogP) is 4.16. The molecular formula is C22H26N2O4. The van der Waals surface area contributed by atoms with Crippen LogP contribution in [0.3, 0.4) is 0 Å². The molecule has 1 heterocycles. The number of benzene rings is 2. The zero-order valence-corrected chi connectivity index (χ0v) is 16.7. The molecule has 0 radical (unpaired) electrons. The highest BCUT2D eigenvalue weighted by molar-refractivity contribution is 5.98. The lowest BCUT2D eigenvalue weighted by Crippen LogP contribution is -2.46. The van der Waals surface area contributed by atoms with E-state index in [1.54, 1.807) is 14.0 Å². The molecule has 148 valence electrons. The van der Waals surface area contributed by atoms with Crippen molar-refractivity contribution >= 4 is 22.8 Å². The lowest BCUT2D eigenvalue weighted by molar-refractivity contribution is -0.136. The summed E-state index contributed by atoms with van der Waals surface area (Å²) in [6, 6.07) is 10.8. The Morgan fingerprint density at radius 2 is 1.96 bits per heavy atom. The number of hydrogen-bond acceptors (Lipinski definition) is 4. The zero-order chi connectivity index (χ0) is 20.3. The molecule has 1 atom stereocenters. The Morgan fingerprint density at radius 1 is 1.21 bits per heavy atom. The van der Waals surface area contributed by atoms with Gasteiger partial charge in [0.2, 0.25) is 0 Å². The Labute approximate surface area is 165 Å². The van der Waals surface area contributed by atoms with Gasteiger partial charge >= 0.3 is 12.0 Å². The summed E-state index contributed by atoms with van der Waals surface area (Å²) >= 11 is 0. The first-order chi connectivity index (χ1) is 13.5. The minimum Gasteiger partial charge on any atom is -0.493 e. The molecule has 0 unspecified atom stereocenters. The van der Waals surface area contributed by atoms with E-state index in [-0.39, 0.29) is 6.03 Å². The fraction of sp³-hybridized carbons (Fsp3) is 0.364. The number of nitrogens with one attached hydrogen (secondary N) is 1. The van der Waals surface area contributed by atoms with Crippen LogP contribution < -0.4 is 10.1 Å². The van der Waals surface area contributed by atoms with Gasteiger partial charge in [0.1, 0.15) is 5.75 Å². The molecule has 3 rings (SSSR count). The van der Waals surface area contributed by atoms with Crippen LogP contribution >= 0.6 is 0 Å². The summed E-state index contributed by atoms with van der Waals surface area (Å²) in [6.07, 6.45) is 1.94. The molecule has 2 aromatic rings. The Bertz CT molecular complexity index is 935. The number of urea groups is 1. The molecule has 0 spiro atoms. The molecular weight excluding hydrogens is 356 g/mol. The number of hydrogen-bond donors (Lipinski definition) is 1. The smallest absolute Gasteiger partial charge is 0.337 e. The van der Waals surface area contributed by atoms with Gasteiger partial charge in [0.05, 0.1) is 25.3 Å². The number of allylic oxidation sites excluding steroid dienone is 1. The fourth-order valence-corrected chi connectivity index (χ4v) is 3.45. The van der Waals surface area contributed by atoms with Crippen LogP contribution in [0.2, 0.25) is 0 Å². The van der Waals surface area contributed by atoms with Crippen LogP contribution in [0.25, 0.3) is 10.8 Å². The van der Waals surface area contributed by atoms with Gasteiger partial charge in [-0.3, -0.25) is 0 Å². The lowest BCUT2D eigenvalue weighted by Gasteiger charge is -2.34. The van der Waals surface area contributed by atoms with Crippen LogP contribution in [0, 0.1) is 0 Å². The number of amides is 2. The molecule has 28 heavy (non-hydrogen) atoms. The second-order valence-electron chi connectivity index (χ2n) is 6.83. The van der Waals surface area contributed by atoms with Crippen molar-refractivity contribution in [2.45, 2.75) is 32.7 Å². The van der Waals surface area contributed by atoms with Crippen molar-refractivity contribution in [1.82, 2.24) is 10.2 Å². The van der Waals surface area contributed by atoms with Crippen molar-refractivity contribution in [2.24, 2.45) is 0 Å². The molecule has 2 aromatic carbocycles. The summed E-state index contributed by atoms with van der Waals surface area (Å²) in [5.41, 5.74) is 1.74. The number of fused-ring (bicyclic) bond motifs is 1. The Hall–Kier alpha value is -3.02. The molecule has 1 aliphatic rings. The number of rotatable bonds is 6. The number of carbonyl (C=O) groups excluding carboxylic acids is 2. The van der Waals surface area contributed by atoms with Crippen LogP contribution in [0.15, 0.2) is 47.7 Å². The minimum absolute atomic E-state index is 0.275. The Kier molecular flexibility index (Phi) is 5.87. The normalized spacial score (nSPS) is 16.9. The van der Waals surface area contributed by atoms with E-state index in [2.05, 4.69) is 12.2 Å². The van der Waals surface area contributed by atoms with Crippen molar-refractivity contribution in [2.75, 3.05) is 20.8 Å². The SMILES string of the molecule is CCCCOc1ccc2ccccc2c1[C@@H]1NC(=O)N(C)C(C)=C1C(=O)OC. The van der Waals surface area contributed by atoms with E-state index in [1.165, 1.54) is 12.0 Å². The first-order valence-corrected chi connectivity index (χ1v) is 9.47. The lowest BCUT2D eigenvalue weighted by atomic mass is 9.90. The van der Waals surface area contributed by atoms with E-state index in [4.69, 9.17) is 9.47 Å². The van der Waals surface area contributed by atoms with Gasteiger partial charge in [-0.2, -0.15) is 0 Å². The number of esters is 1. The van der Waals surface area contributed by atoms with Crippen LogP contribution in [-0.4, -0.2) is 37.7 Å². The highest BCUT2D eigenvalue weighted by atomic mass is 16.5. The topological polar surface area (TPSA) is 67.9 Å². The number of ether oxygens (including phenoxy) is 2. The average molecular weight is 382 g/mol. The van der Waals surface area contributed by atoms with Crippen molar-refractivity contribution in [1.29, 1.82) is 0 Å². The van der Waals surface area contributed by atoms with Crippen LogP contribution in [-0.2, 0) is 9.53 Å². The molecule has 0 saturated heterocycles. The second-order valence-corrected chi connectivity index (χ2v) is 6.83. The molecule has 1 aliphatic heterocycles. The van der Waals surface area contributed by atoms with E-state index in [0.717, 1.165) is 29.2 Å². The quantitative estimate of drug-likeness (QED) is 0.602. The molecule has 0 aromatic heterocycles. The van der Waals surface area contributed by atoms with Gasteiger partial charge in [-0.05, 0) is 30.2 Å². The summed E-state index contributed by atoms with van der Waals surface area (Å²) in [4.78, 5) is 26.6. The number of nitrogens with zero attached hydrogens (tertiary/aromatic N) is 1. The highest BCUT2D eigenvalue weighted by Gasteiger charge is 2.37. The monoisotopic (exact) mass is 382 g/mol. The van der Waals surface area contributed by atoms with Crippen molar-refractivity contribution in [3.8, 4) is 5.75 Å². The molecule has 1 N–H and O–H groups in total. The third-order valence-corrected chi connectivity index (χ3v) is 5.13. The van der Waals surface area contributed by atoms with Gasteiger partial charge < -0.3 is 19.7 Å². The Balaban J connectivity index is 2.22. The van der Waals surface area contributed by atoms with E-state index >= 15 is 0 Å². The second kappa shape index (κ2) is 8.33. The molecule has 0 fully saturated rings. The molecule has 2 amide bonds. The molecule has 0 aliphatic carbocycles. The molecule has 6 heteroatoms. The van der Waals surface area contributed by atoms with Gasteiger partial charge in [-0.15, -0.1) is 0 Å². The van der Waals surface area contributed by atoms with Gasteiger partial charge in [0.15, 0.2) is 0 Å². The first-order valence-electron chi connectivity index (χ1n) is 9.47. The molecule has 6 nitrogen and oxygen atoms in total. The van der Waals surface area contributed by atoms with Gasteiger partial charge in [0, 0.05) is 18.3 Å². The number of carbonyl (C=O) groups is 2. The van der Waals surface area contributed by atoms with Crippen molar-refractivity contribution in [3.05, 3.63) is 53.2 Å². The third kappa shape index (κ3) is 3.54. The molecule has 0 saturated carbocycles. The maximum absolute atomic E-state index is 12.6. The molecule has 0 bridgehead atoms. The predicted molar refractivity (Wildman–Crippen MR) is 108 cm³/mol. The highest BCUT2D eigenvalue weighted by Crippen LogP contribution is 2.40. The van der Waals surface area contributed by atoms with Crippen LogP contribution in [0.1, 0.15) is 38.3 Å². The van der Waals surface area contributed by atoms with E-state index in [1.807, 2.05) is 36.4 Å². The summed E-state index contributed by atoms with van der Waals surface area (Å²) in [6.45, 7) is 4.42. The zero-order valence-electron chi connectivity index (χ0n) is 16.7. The maximum atomic E-state index is 12.6. The van der Waals surface area contributed by atoms with E-state index in [9.17, 15) is 9.59 Å². The van der Waals surface area contributed by atoms with E-state index < -0.39 is 12.0 Å². The standard InChI is InChI=1S/C22H26N2O4/c1-5-6-13-28-17-12-11-15-9-7-8-10-16(15)19(17)20-18(21(25)27-4)14(2)24(3)22(26)23-20/h7-12,20H,5-6,13H2,1-4H3,(H,23,26)/t20-/m1/s1. The summed E-state index contributed by atoms with van der Waals surface area (Å²) in [7, 11) is 2.98. The van der Waals surface area contributed by atoms with Gasteiger partial charge in [-0.1, -0.05) is 43.7 Å². The minimum atomic E-state index is -0.654. The van der Waals surface area contributed by atoms with E-state index in [0.29, 0.717) is 23.6 Å². The fourth-order valence-electron chi connectivity index (χ4n) is 3.45. The van der Waals surface area contributed by atoms with Crippen molar-refractivity contribution in [3.63, 3.8) is 0 Å². The summed E-state index contributed by atoms with van der Waals surface area (Å²) in [5, 5.41) is 4.89. The first kappa shape index (κ1) is 19.7. The van der Waals surface area contributed by atoms with Crippen LogP contribution in [0.4, 0.5) is 4.79 Å². The summed E-state index contributed by atoms with van der Waals surface area (Å²) < 4.78 is 11.1. The average Bonchev–Trinajstić information content (AvgIpc) is 2.71. The maximum Gasteiger partial charge on any atom is 0.337 e. The largest absolute Gasteiger partial charge is 0.493 e. The van der Waals surface area contributed by atoms with Crippen molar-refractivity contribution < 1.29 is 19.1 Å².